The highest BCUT2D eigenvalue weighted by molar-refractivity contribution is 7.98. The molecule has 0 saturated heterocycles. The van der Waals surface area contributed by atoms with E-state index >= 15 is 0 Å². The first-order chi connectivity index (χ1) is 6.31. The number of rotatable bonds is 4. The molecule has 0 bridgehead atoms. The van der Waals surface area contributed by atoms with E-state index in [-0.39, 0.29) is 0 Å². The van der Waals surface area contributed by atoms with Gasteiger partial charge in [-0.1, -0.05) is 12.1 Å². The van der Waals surface area contributed by atoms with Crippen LogP contribution in [0.3, 0.4) is 0 Å². The van der Waals surface area contributed by atoms with Crippen molar-refractivity contribution in [1.29, 1.82) is 0 Å². The van der Waals surface area contributed by atoms with Crippen LogP contribution >= 0.6 is 11.8 Å². The number of nitrogens with two attached hydrogens (primary N) is 2. The molecule has 1 rings (SSSR count). The summed E-state index contributed by atoms with van der Waals surface area (Å²) in [6.07, 6.45) is 2.07. The fraction of sp³-hybridized carbons (Fsp3) is 0.400. The second-order valence-corrected chi connectivity index (χ2v) is 3.82. The molecule has 0 aliphatic carbocycles. The lowest BCUT2D eigenvalue weighted by molar-refractivity contribution is 0.708. The van der Waals surface area contributed by atoms with Gasteiger partial charge in [0.1, 0.15) is 0 Å². The molecule has 0 spiro atoms. The summed E-state index contributed by atoms with van der Waals surface area (Å²) in [7, 11) is 0. The van der Waals surface area contributed by atoms with Crippen molar-refractivity contribution < 1.29 is 0 Å². The third-order valence-electron chi connectivity index (χ3n) is 2.16. The number of hydrogen-bond donors (Lipinski definition) is 2. The van der Waals surface area contributed by atoms with Gasteiger partial charge in [-0.2, -0.15) is 0 Å². The van der Waals surface area contributed by atoms with Gasteiger partial charge in [-0.25, -0.2) is 0 Å². The van der Waals surface area contributed by atoms with E-state index in [2.05, 4.69) is 30.5 Å². The lowest BCUT2D eigenvalue weighted by Gasteiger charge is -2.12. The highest BCUT2D eigenvalue weighted by Crippen LogP contribution is 2.19. The molecule has 4 N–H and O–H groups in total. The Labute approximate surface area is 83.7 Å². The zero-order valence-electron chi connectivity index (χ0n) is 7.86. The molecule has 0 heterocycles. The molecule has 3 heteroatoms. The molecule has 13 heavy (non-hydrogen) atoms. The summed E-state index contributed by atoms with van der Waals surface area (Å²) in [6, 6.07) is 8.43. The fourth-order valence-electron chi connectivity index (χ4n) is 1.24. The first kappa shape index (κ1) is 10.6. The van der Waals surface area contributed by atoms with Crippen LogP contribution in [0.1, 0.15) is 11.5 Å². The fourth-order valence-corrected chi connectivity index (χ4v) is 1.65. The highest BCUT2D eigenvalue weighted by Gasteiger charge is 2.06. The van der Waals surface area contributed by atoms with Gasteiger partial charge in [-0.15, -0.1) is 11.8 Å². The van der Waals surface area contributed by atoms with Crippen LogP contribution in [-0.4, -0.2) is 19.3 Å². The Kier molecular flexibility index (Phi) is 4.28. The van der Waals surface area contributed by atoms with Crippen molar-refractivity contribution in [2.75, 3.05) is 19.3 Å². The van der Waals surface area contributed by atoms with Gasteiger partial charge >= 0.3 is 0 Å². The second kappa shape index (κ2) is 5.27. The molecule has 2 nitrogen and oxygen atoms in total. The molecule has 1 aromatic carbocycles. The van der Waals surface area contributed by atoms with Crippen LogP contribution in [0.25, 0.3) is 0 Å². The standard InChI is InChI=1S/C10H16N2S/c1-13-10-4-2-8(3-5-10)9(6-11)7-12/h2-5,9H,6-7,11-12H2,1H3. The SMILES string of the molecule is CSc1ccc(C(CN)CN)cc1. The summed E-state index contributed by atoms with van der Waals surface area (Å²) in [6.45, 7) is 1.24. The predicted octanol–water partition coefficient (Wildman–Crippen LogP) is 1.41. The Bertz CT molecular complexity index is 242. The van der Waals surface area contributed by atoms with E-state index in [1.54, 1.807) is 11.8 Å². The Morgan fingerprint density at radius 3 is 2.08 bits per heavy atom. The van der Waals surface area contributed by atoms with Crippen molar-refractivity contribution in [2.24, 2.45) is 11.5 Å². The van der Waals surface area contributed by atoms with E-state index in [9.17, 15) is 0 Å². The summed E-state index contributed by atoms with van der Waals surface area (Å²) in [5, 5.41) is 0. The number of hydrogen-bond acceptors (Lipinski definition) is 3. The smallest absolute Gasteiger partial charge is 0.00841 e. The van der Waals surface area contributed by atoms with Gasteiger partial charge in [-0.05, 0) is 24.0 Å². The largest absolute Gasteiger partial charge is 0.330 e. The van der Waals surface area contributed by atoms with Gasteiger partial charge in [0.15, 0.2) is 0 Å². The van der Waals surface area contributed by atoms with E-state index < -0.39 is 0 Å². The quantitative estimate of drug-likeness (QED) is 0.716. The summed E-state index contributed by atoms with van der Waals surface area (Å²) in [4.78, 5) is 1.27. The predicted molar refractivity (Wildman–Crippen MR) is 59.1 cm³/mol. The van der Waals surface area contributed by atoms with E-state index in [0.29, 0.717) is 19.0 Å². The molecule has 1 aromatic rings. The topological polar surface area (TPSA) is 52.0 Å². The molecular weight excluding hydrogens is 180 g/mol. The normalized spacial score (nSPS) is 10.8. The molecule has 0 amide bonds. The van der Waals surface area contributed by atoms with Crippen molar-refractivity contribution in [2.45, 2.75) is 10.8 Å². The van der Waals surface area contributed by atoms with Crippen molar-refractivity contribution in [3.8, 4) is 0 Å². The average molecular weight is 196 g/mol. The molecule has 0 radical (unpaired) electrons. The van der Waals surface area contributed by atoms with Gasteiger partial charge in [0.05, 0.1) is 0 Å². The summed E-state index contributed by atoms with van der Waals surface area (Å²) < 4.78 is 0. The van der Waals surface area contributed by atoms with Crippen molar-refractivity contribution in [1.82, 2.24) is 0 Å². The first-order valence-corrected chi connectivity index (χ1v) is 5.58. The van der Waals surface area contributed by atoms with Gasteiger partial charge in [0.2, 0.25) is 0 Å². The van der Waals surface area contributed by atoms with Gasteiger partial charge in [-0.3, -0.25) is 0 Å². The zero-order valence-corrected chi connectivity index (χ0v) is 8.68. The van der Waals surface area contributed by atoms with E-state index in [0.717, 1.165) is 0 Å². The third-order valence-corrected chi connectivity index (χ3v) is 2.90. The summed E-state index contributed by atoms with van der Waals surface area (Å²) in [5.41, 5.74) is 12.4. The molecule has 0 aliphatic rings. The molecule has 0 saturated carbocycles. The lowest BCUT2D eigenvalue weighted by atomic mass is 10.00. The maximum atomic E-state index is 5.60. The minimum Gasteiger partial charge on any atom is -0.330 e. The first-order valence-electron chi connectivity index (χ1n) is 4.36. The Morgan fingerprint density at radius 2 is 1.69 bits per heavy atom. The van der Waals surface area contributed by atoms with E-state index in [1.165, 1.54) is 10.5 Å². The zero-order chi connectivity index (χ0) is 9.68. The Balaban J connectivity index is 2.78. The van der Waals surface area contributed by atoms with Crippen LogP contribution in [0.2, 0.25) is 0 Å². The molecule has 72 valence electrons. The second-order valence-electron chi connectivity index (χ2n) is 2.94. The van der Waals surface area contributed by atoms with Gasteiger partial charge in [0, 0.05) is 23.9 Å². The van der Waals surface area contributed by atoms with Crippen LogP contribution in [0, 0.1) is 0 Å². The van der Waals surface area contributed by atoms with Crippen LogP contribution < -0.4 is 11.5 Å². The molecule has 0 aromatic heterocycles. The average Bonchev–Trinajstić information content (AvgIpc) is 2.21. The van der Waals surface area contributed by atoms with Gasteiger partial charge < -0.3 is 11.5 Å². The van der Waals surface area contributed by atoms with Crippen molar-refractivity contribution >= 4 is 11.8 Å². The minimum absolute atomic E-state index is 0.302. The maximum absolute atomic E-state index is 5.60. The van der Waals surface area contributed by atoms with Crippen LogP contribution in [0.15, 0.2) is 29.2 Å². The van der Waals surface area contributed by atoms with E-state index in [1.807, 2.05) is 0 Å². The maximum Gasteiger partial charge on any atom is 0.00841 e. The molecular formula is C10H16N2S. The summed E-state index contributed by atoms with van der Waals surface area (Å²) in [5.74, 6) is 0.302. The van der Waals surface area contributed by atoms with Crippen LogP contribution in [0.4, 0.5) is 0 Å². The Morgan fingerprint density at radius 1 is 1.15 bits per heavy atom. The molecule has 0 unspecified atom stereocenters. The summed E-state index contributed by atoms with van der Waals surface area (Å²) >= 11 is 1.74. The highest BCUT2D eigenvalue weighted by atomic mass is 32.2. The molecule has 0 aliphatic heterocycles. The van der Waals surface area contributed by atoms with Gasteiger partial charge in [0.25, 0.3) is 0 Å². The minimum atomic E-state index is 0.302. The molecule has 0 fully saturated rings. The monoisotopic (exact) mass is 196 g/mol. The van der Waals surface area contributed by atoms with Crippen LogP contribution in [-0.2, 0) is 0 Å². The molecule has 0 atom stereocenters. The van der Waals surface area contributed by atoms with Crippen molar-refractivity contribution in [3.05, 3.63) is 29.8 Å². The van der Waals surface area contributed by atoms with E-state index in [4.69, 9.17) is 11.5 Å². The number of benzene rings is 1. The van der Waals surface area contributed by atoms with Crippen LogP contribution in [0.5, 0.6) is 0 Å². The lowest BCUT2D eigenvalue weighted by Crippen LogP contribution is -2.20. The Hall–Kier alpha value is -0.510. The van der Waals surface area contributed by atoms with Crippen molar-refractivity contribution in [3.63, 3.8) is 0 Å². The third kappa shape index (κ3) is 2.72. The number of thioether (sulfide) groups is 1.